The second-order valence-corrected chi connectivity index (χ2v) is 25.7. The molecule has 0 radical (unpaired) electrons. The molecule has 0 amide bonds. The second kappa shape index (κ2) is 53.8. The lowest BCUT2D eigenvalue weighted by Crippen LogP contribution is -2.30. The summed E-state index contributed by atoms with van der Waals surface area (Å²) in [4.78, 5) is 71.9. The van der Waals surface area contributed by atoms with Crippen LogP contribution in [0.2, 0.25) is 0 Å². The van der Waals surface area contributed by atoms with Crippen LogP contribution >= 0.6 is 15.6 Å². The maximum Gasteiger partial charge on any atom is 0.472 e. The van der Waals surface area contributed by atoms with E-state index in [0.717, 1.165) is 109 Å². The minimum absolute atomic E-state index is 0.105. The molecule has 0 bridgehead atoms. The van der Waals surface area contributed by atoms with Crippen LogP contribution in [0, 0.1) is 11.8 Å². The SMILES string of the molecule is CCCCCCCCCCCC(=O)O[C@H](COC(=O)CCCCCCCCCC)COP(=O)(O)OC[C@H](O)COP(=O)(O)OC[C@@H](COC(=O)CCCCCCCCC(C)C)OC(=O)CCCCCCCCCCCCC(C)CC. The van der Waals surface area contributed by atoms with Crippen LogP contribution in [-0.4, -0.2) is 96.7 Å². The van der Waals surface area contributed by atoms with Crippen molar-refractivity contribution in [2.45, 2.75) is 317 Å². The van der Waals surface area contributed by atoms with Crippen molar-refractivity contribution in [3.63, 3.8) is 0 Å². The molecule has 0 aliphatic rings. The molecule has 0 aromatic rings. The number of carbonyl (C=O) groups is 4. The summed E-state index contributed by atoms with van der Waals surface area (Å²) in [6.07, 6.45) is 34.9. The molecule has 0 aliphatic carbocycles. The third kappa shape index (κ3) is 54.0. The molecule has 3 unspecified atom stereocenters. The zero-order valence-electron chi connectivity index (χ0n) is 51.4. The van der Waals surface area contributed by atoms with Gasteiger partial charge < -0.3 is 33.8 Å². The summed E-state index contributed by atoms with van der Waals surface area (Å²) in [5.41, 5.74) is 0. The Balaban J connectivity index is 5.21. The topological polar surface area (TPSA) is 237 Å². The number of hydrogen-bond acceptors (Lipinski definition) is 15. The molecule has 0 fully saturated rings. The summed E-state index contributed by atoms with van der Waals surface area (Å²) >= 11 is 0. The molecule has 6 atom stereocenters. The molecule has 0 spiro atoms. The number of aliphatic hydroxyl groups is 1. The van der Waals surface area contributed by atoms with Gasteiger partial charge in [0.25, 0.3) is 0 Å². The summed E-state index contributed by atoms with van der Waals surface area (Å²) in [5, 5.41) is 10.5. The first-order valence-corrected chi connectivity index (χ1v) is 35.0. The molecule has 0 heterocycles. The molecular weight excluding hydrogens is 1070 g/mol. The van der Waals surface area contributed by atoms with E-state index in [4.69, 9.17) is 37.0 Å². The van der Waals surface area contributed by atoms with Crippen LogP contribution in [0.15, 0.2) is 0 Å². The fourth-order valence-corrected chi connectivity index (χ4v) is 10.5. The summed E-state index contributed by atoms with van der Waals surface area (Å²) in [6.45, 7) is 9.37. The Hall–Kier alpha value is -1.94. The Morgan fingerprint density at radius 3 is 0.950 bits per heavy atom. The third-order valence-electron chi connectivity index (χ3n) is 14.3. The lowest BCUT2D eigenvalue weighted by atomic mass is 9.99. The van der Waals surface area contributed by atoms with Crippen LogP contribution in [0.25, 0.3) is 0 Å². The molecule has 0 rings (SSSR count). The first-order chi connectivity index (χ1) is 38.4. The Bertz CT molecular complexity index is 1580. The van der Waals surface area contributed by atoms with E-state index in [-0.39, 0.29) is 25.7 Å². The summed E-state index contributed by atoms with van der Waals surface area (Å²) in [6, 6.07) is 0. The average Bonchev–Trinajstić information content (AvgIpc) is 3.42. The van der Waals surface area contributed by atoms with Crippen molar-refractivity contribution in [2.24, 2.45) is 11.8 Å². The standard InChI is InChI=1S/C61H118O17P2/c1-7-10-12-14-16-20-25-33-39-45-60(65)77-56(49-71-58(63)43-37-31-24-17-15-13-11-8-2)51-75-79(67,68)73-47-55(62)48-74-80(69,70)76-52-57(50-72-59(64)44-38-32-28-27-29-35-41-53(4)5)78-61(66)46-40-34-26-22-19-18-21-23-30-36-42-54(6)9-3/h53-57,62H,7-52H2,1-6H3,(H,67,68)(H,69,70)/t54?,55-,56+,57+/m0/s1. The predicted octanol–water partition coefficient (Wildman–Crippen LogP) is 16.5. The molecule has 0 aromatic carbocycles. The van der Waals surface area contributed by atoms with Crippen LogP contribution in [0.1, 0.15) is 298 Å². The number of hydrogen-bond donors (Lipinski definition) is 3. The van der Waals surface area contributed by atoms with Crippen molar-refractivity contribution >= 4 is 39.5 Å². The molecule has 0 saturated carbocycles. The summed E-state index contributed by atoms with van der Waals surface area (Å²) < 4.78 is 67.8. The zero-order chi connectivity index (χ0) is 59.4. The maximum atomic E-state index is 12.9. The van der Waals surface area contributed by atoms with Gasteiger partial charge in [0.1, 0.15) is 19.3 Å². The van der Waals surface area contributed by atoms with E-state index in [1.165, 1.54) is 103 Å². The fourth-order valence-electron chi connectivity index (χ4n) is 8.97. The lowest BCUT2D eigenvalue weighted by molar-refractivity contribution is -0.161. The molecule has 3 N–H and O–H groups in total. The van der Waals surface area contributed by atoms with Gasteiger partial charge in [0.15, 0.2) is 12.2 Å². The average molecular weight is 1190 g/mol. The molecule has 474 valence electrons. The predicted molar refractivity (Wildman–Crippen MR) is 317 cm³/mol. The van der Waals surface area contributed by atoms with Crippen molar-refractivity contribution in [1.82, 2.24) is 0 Å². The van der Waals surface area contributed by atoms with Gasteiger partial charge in [-0.25, -0.2) is 9.13 Å². The first-order valence-electron chi connectivity index (χ1n) is 32.0. The van der Waals surface area contributed by atoms with Crippen molar-refractivity contribution in [2.75, 3.05) is 39.6 Å². The van der Waals surface area contributed by atoms with E-state index in [2.05, 4.69) is 41.5 Å². The highest BCUT2D eigenvalue weighted by atomic mass is 31.2. The highest BCUT2D eigenvalue weighted by Crippen LogP contribution is 2.45. The van der Waals surface area contributed by atoms with Gasteiger partial charge in [0, 0.05) is 25.7 Å². The van der Waals surface area contributed by atoms with Crippen LogP contribution in [0.3, 0.4) is 0 Å². The zero-order valence-corrected chi connectivity index (χ0v) is 53.2. The number of rotatable bonds is 60. The Morgan fingerprint density at radius 1 is 0.362 bits per heavy atom. The number of phosphoric acid groups is 2. The van der Waals surface area contributed by atoms with E-state index < -0.39 is 97.5 Å². The van der Waals surface area contributed by atoms with Gasteiger partial charge in [0.2, 0.25) is 0 Å². The smallest absolute Gasteiger partial charge is 0.462 e. The van der Waals surface area contributed by atoms with E-state index >= 15 is 0 Å². The molecule has 17 nitrogen and oxygen atoms in total. The molecule has 0 aliphatic heterocycles. The lowest BCUT2D eigenvalue weighted by Gasteiger charge is -2.21. The first kappa shape index (κ1) is 78.1. The van der Waals surface area contributed by atoms with E-state index in [0.29, 0.717) is 31.6 Å². The molecule has 0 saturated heterocycles. The van der Waals surface area contributed by atoms with Crippen LogP contribution in [0.4, 0.5) is 0 Å². The fraction of sp³-hybridized carbons (Fsp3) is 0.934. The number of phosphoric ester groups is 2. The van der Waals surface area contributed by atoms with Crippen molar-refractivity contribution in [3.05, 3.63) is 0 Å². The maximum absolute atomic E-state index is 12.9. The van der Waals surface area contributed by atoms with Gasteiger partial charge in [-0.05, 0) is 37.5 Å². The highest BCUT2D eigenvalue weighted by molar-refractivity contribution is 7.47. The number of ether oxygens (including phenoxy) is 4. The van der Waals surface area contributed by atoms with Crippen LogP contribution in [0.5, 0.6) is 0 Å². The summed E-state index contributed by atoms with van der Waals surface area (Å²) in [5.74, 6) is -0.661. The Labute approximate surface area is 486 Å². The van der Waals surface area contributed by atoms with E-state index in [1.807, 2.05) is 0 Å². The molecule has 19 heteroatoms. The monoisotopic (exact) mass is 1180 g/mol. The molecule has 80 heavy (non-hydrogen) atoms. The van der Waals surface area contributed by atoms with E-state index in [1.54, 1.807) is 0 Å². The molecular formula is C61H118O17P2. The second-order valence-electron chi connectivity index (χ2n) is 22.8. The number of carbonyl (C=O) groups excluding carboxylic acids is 4. The van der Waals surface area contributed by atoms with Crippen LogP contribution < -0.4 is 0 Å². The van der Waals surface area contributed by atoms with Gasteiger partial charge in [-0.1, -0.05) is 247 Å². The summed E-state index contributed by atoms with van der Waals surface area (Å²) in [7, 11) is -9.88. The van der Waals surface area contributed by atoms with E-state index in [9.17, 15) is 43.2 Å². The number of esters is 4. The van der Waals surface area contributed by atoms with Gasteiger partial charge in [-0.2, -0.15) is 0 Å². The van der Waals surface area contributed by atoms with Crippen molar-refractivity contribution < 1.29 is 80.2 Å². The molecule has 0 aromatic heterocycles. The third-order valence-corrected chi connectivity index (χ3v) is 16.2. The van der Waals surface area contributed by atoms with Crippen molar-refractivity contribution in [3.8, 4) is 0 Å². The Morgan fingerprint density at radius 2 is 0.637 bits per heavy atom. The highest BCUT2D eigenvalue weighted by Gasteiger charge is 2.30. The Kier molecular flexibility index (Phi) is 52.5. The number of unbranched alkanes of at least 4 members (excludes halogenated alkanes) is 29. The largest absolute Gasteiger partial charge is 0.472 e. The number of aliphatic hydroxyl groups excluding tert-OH is 1. The van der Waals surface area contributed by atoms with Gasteiger partial charge in [0.05, 0.1) is 26.4 Å². The minimum atomic E-state index is -4.94. The van der Waals surface area contributed by atoms with Gasteiger partial charge in [-0.15, -0.1) is 0 Å². The normalized spacial score (nSPS) is 14.7. The quantitative estimate of drug-likeness (QED) is 0.0222. The minimum Gasteiger partial charge on any atom is -0.462 e. The van der Waals surface area contributed by atoms with Gasteiger partial charge in [-0.3, -0.25) is 37.3 Å². The van der Waals surface area contributed by atoms with Gasteiger partial charge >= 0.3 is 39.5 Å². The van der Waals surface area contributed by atoms with Crippen LogP contribution in [-0.2, 0) is 65.4 Å². The van der Waals surface area contributed by atoms with Crippen molar-refractivity contribution in [1.29, 1.82) is 0 Å².